The summed E-state index contributed by atoms with van der Waals surface area (Å²) in [4.78, 5) is 64.9. The Morgan fingerprint density at radius 2 is 1.73 bits per heavy atom. The summed E-state index contributed by atoms with van der Waals surface area (Å²) >= 11 is 0. The van der Waals surface area contributed by atoms with E-state index in [1.54, 1.807) is 31.2 Å². The van der Waals surface area contributed by atoms with Crippen molar-refractivity contribution in [2.75, 3.05) is 32.8 Å². The lowest BCUT2D eigenvalue weighted by atomic mass is 10.1. The van der Waals surface area contributed by atoms with E-state index in [9.17, 15) is 29.4 Å². The number of hydrogen-bond donors (Lipinski definition) is 3. The smallest absolute Gasteiger partial charge is 0.481 e. The summed E-state index contributed by atoms with van der Waals surface area (Å²) in [6, 6.07) is 9.22. The minimum atomic E-state index is -1.14. The molecule has 2 amide bonds. The van der Waals surface area contributed by atoms with Crippen molar-refractivity contribution in [3.63, 3.8) is 0 Å². The fourth-order valence-electron chi connectivity index (χ4n) is 4.12. The molecule has 1 aliphatic rings. The van der Waals surface area contributed by atoms with Crippen LogP contribution in [0.1, 0.15) is 61.8 Å². The third-order valence-corrected chi connectivity index (χ3v) is 6.18. The van der Waals surface area contributed by atoms with E-state index >= 15 is 0 Å². The number of carboxylic acid groups (broad SMARTS) is 1. The summed E-state index contributed by atoms with van der Waals surface area (Å²) in [5, 5.41) is 23.8. The van der Waals surface area contributed by atoms with Gasteiger partial charge in [0.1, 0.15) is 11.7 Å². The highest BCUT2D eigenvalue weighted by Crippen LogP contribution is 2.22. The first-order chi connectivity index (χ1) is 19.2. The number of nitrogens with zero attached hydrogens (tertiary/aromatic N) is 4. The first-order valence-corrected chi connectivity index (χ1v) is 13.2. The van der Waals surface area contributed by atoms with Gasteiger partial charge in [-0.2, -0.15) is 0 Å². The maximum absolute atomic E-state index is 13.4. The molecule has 216 valence electrons. The molecular formula is C27H35N5O8. The molecule has 2 aromatic rings. The molecule has 0 spiro atoms. The lowest BCUT2D eigenvalue weighted by Gasteiger charge is -2.35. The van der Waals surface area contributed by atoms with Gasteiger partial charge >= 0.3 is 12.1 Å². The van der Waals surface area contributed by atoms with Gasteiger partial charge in [-0.3, -0.25) is 14.4 Å². The zero-order valence-corrected chi connectivity index (χ0v) is 22.6. The van der Waals surface area contributed by atoms with E-state index in [1.165, 1.54) is 16.0 Å². The molecule has 13 nitrogen and oxygen atoms in total. The number of carbonyl (C=O) groups excluding carboxylic acids is 3. The predicted molar refractivity (Wildman–Crippen MR) is 142 cm³/mol. The molecule has 2 atom stereocenters. The topological polar surface area (TPSA) is 171 Å². The van der Waals surface area contributed by atoms with Crippen molar-refractivity contribution in [1.29, 1.82) is 0 Å². The van der Waals surface area contributed by atoms with Crippen molar-refractivity contribution in [2.24, 2.45) is 0 Å². The Morgan fingerprint density at radius 1 is 1.02 bits per heavy atom. The van der Waals surface area contributed by atoms with Gasteiger partial charge < -0.3 is 30.0 Å². The Morgan fingerprint density at radius 3 is 2.35 bits per heavy atom. The molecule has 0 aliphatic carbocycles. The van der Waals surface area contributed by atoms with Crippen molar-refractivity contribution < 1.29 is 39.0 Å². The van der Waals surface area contributed by atoms with Crippen molar-refractivity contribution >= 4 is 23.9 Å². The van der Waals surface area contributed by atoms with Crippen LogP contribution in [0.15, 0.2) is 36.4 Å². The normalized spacial score (nSPS) is 15.1. The lowest BCUT2D eigenvalue weighted by Crippen LogP contribution is -2.55. The number of benzene rings is 1. The Balaban J connectivity index is 1.78. The summed E-state index contributed by atoms with van der Waals surface area (Å²) in [7, 11) is 0. The van der Waals surface area contributed by atoms with E-state index < -0.39 is 36.1 Å². The molecule has 1 aliphatic heterocycles. The van der Waals surface area contributed by atoms with Gasteiger partial charge in [-0.1, -0.05) is 43.7 Å². The van der Waals surface area contributed by atoms with Crippen LogP contribution in [-0.4, -0.2) is 92.9 Å². The van der Waals surface area contributed by atoms with Gasteiger partial charge in [-0.05, 0) is 25.8 Å². The molecular weight excluding hydrogens is 522 g/mol. The molecule has 1 aromatic heterocycles. The van der Waals surface area contributed by atoms with Crippen LogP contribution in [0, 0.1) is 0 Å². The summed E-state index contributed by atoms with van der Waals surface area (Å²) in [5.41, 5.74) is 0.857. The number of aromatic nitrogens is 2. The number of aliphatic carboxylic acids is 1. The number of carbonyl (C=O) groups is 4. The minimum absolute atomic E-state index is 0.0558. The Kier molecular flexibility index (Phi) is 11.3. The van der Waals surface area contributed by atoms with Crippen LogP contribution in [0.25, 0.3) is 11.4 Å². The number of nitrogens with one attached hydrogen (secondary N) is 1. The van der Waals surface area contributed by atoms with Crippen LogP contribution in [0.2, 0.25) is 0 Å². The van der Waals surface area contributed by atoms with Gasteiger partial charge in [0.15, 0.2) is 5.82 Å². The number of hydrogen-bond acceptors (Lipinski definition) is 10. The minimum Gasteiger partial charge on any atom is -0.481 e. The number of aliphatic hydroxyl groups is 1. The van der Waals surface area contributed by atoms with Crippen molar-refractivity contribution in [2.45, 2.75) is 51.7 Å². The summed E-state index contributed by atoms with van der Waals surface area (Å²) < 4.78 is 4.76. The average molecular weight is 558 g/mol. The van der Waals surface area contributed by atoms with Crippen LogP contribution < -0.4 is 5.32 Å². The molecule has 13 heteroatoms. The molecule has 1 unspecified atom stereocenters. The Hall–Kier alpha value is -4.10. The Bertz CT molecular complexity index is 1170. The predicted octanol–water partition coefficient (Wildman–Crippen LogP) is 2.17. The zero-order valence-electron chi connectivity index (χ0n) is 22.6. The first-order valence-electron chi connectivity index (χ1n) is 13.2. The van der Waals surface area contributed by atoms with Gasteiger partial charge in [0.05, 0.1) is 31.5 Å². The van der Waals surface area contributed by atoms with E-state index in [0.717, 1.165) is 0 Å². The largest absolute Gasteiger partial charge is 0.527 e. The van der Waals surface area contributed by atoms with Crippen molar-refractivity contribution in [3.8, 4) is 11.4 Å². The van der Waals surface area contributed by atoms with Crippen LogP contribution in [-0.2, 0) is 19.2 Å². The number of rotatable bonds is 12. The third kappa shape index (κ3) is 8.71. The van der Waals surface area contributed by atoms with E-state index in [0.29, 0.717) is 18.4 Å². The summed E-state index contributed by atoms with van der Waals surface area (Å²) in [6.07, 6.45) is -1.12. The number of carboxylic acids is 1. The number of amides is 2. The second-order valence-electron chi connectivity index (χ2n) is 9.16. The van der Waals surface area contributed by atoms with Gasteiger partial charge in [0, 0.05) is 25.1 Å². The number of ether oxygens (including phenoxy) is 1. The molecule has 1 aromatic carbocycles. The quantitative estimate of drug-likeness (QED) is 0.327. The number of hydroxylamine groups is 2. The second-order valence-corrected chi connectivity index (χ2v) is 9.16. The van der Waals surface area contributed by atoms with E-state index in [-0.39, 0.29) is 62.8 Å². The van der Waals surface area contributed by atoms with Crippen LogP contribution in [0.5, 0.6) is 0 Å². The van der Waals surface area contributed by atoms with Crippen LogP contribution in [0.4, 0.5) is 4.79 Å². The number of piperazine rings is 1. The van der Waals surface area contributed by atoms with Gasteiger partial charge in [0.2, 0.25) is 5.91 Å². The van der Waals surface area contributed by atoms with Crippen molar-refractivity contribution in [1.82, 2.24) is 25.2 Å². The summed E-state index contributed by atoms with van der Waals surface area (Å²) in [6.45, 7) is 4.55. The van der Waals surface area contributed by atoms with Gasteiger partial charge in [-0.15, -0.1) is 5.06 Å². The molecule has 0 radical (unpaired) electrons. The molecule has 3 rings (SSSR count). The fourth-order valence-corrected chi connectivity index (χ4v) is 4.12. The van der Waals surface area contributed by atoms with Crippen LogP contribution in [0.3, 0.4) is 0 Å². The third-order valence-electron chi connectivity index (χ3n) is 6.18. The molecule has 1 fully saturated rings. The molecule has 0 bridgehead atoms. The summed E-state index contributed by atoms with van der Waals surface area (Å²) in [5.74, 6) is -2.03. The highest BCUT2D eigenvalue weighted by molar-refractivity contribution is 5.96. The average Bonchev–Trinajstić information content (AvgIpc) is 2.95. The number of aliphatic hydroxyl groups excluding tert-OH is 1. The first kappa shape index (κ1) is 30.4. The monoisotopic (exact) mass is 557 g/mol. The standard InChI is InChI=1S/C27H35N5O8/c1-3-8-22(33)20-17-21(29-24(28-20)18-9-6-5-7-10-18)25(36)30-19(11-12-23(34)35)26(37)31-13-15-32(16-14-31)40-27(38)39-4-2/h5-7,9-10,17,19,22,33H,3-4,8,11-16H2,1-2H3,(H,30,36)(H,34,35)/t19?,22-/m0/s1. The maximum Gasteiger partial charge on any atom is 0.527 e. The Labute approximate surface area is 232 Å². The van der Waals surface area contributed by atoms with E-state index in [1.807, 2.05) is 13.0 Å². The molecule has 1 saturated heterocycles. The SMILES string of the molecule is CCC[C@H](O)c1cc(C(=O)NC(CCC(=O)O)C(=O)N2CCN(OC(=O)OCC)CC2)nc(-c2ccccc2)n1. The molecule has 0 saturated carbocycles. The highest BCUT2D eigenvalue weighted by atomic mass is 16.8. The lowest BCUT2D eigenvalue weighted by molar-refractivity contribution is -0.157. The highest BCUT2D eigenvalue weighted by Gasteiger charge is 2.31. The molecule has 3 N–H and O–H groups in total. The van der Waals surface area contributed by atoms with Crippen molar-refractivity contribution in [3.05, 3.63) is 47.8 Å². The van der Waals surface area contributed by atoms with E-state index in [4.69, 9.17) is 9.57 Å². The van der Waals surface area contributed by atoms with E-state index in [2.05, 4.69) is 15.3 Å². The fraction of sp³-hybridized carbons (Fsp3) is 0.481. The maximum atomic E-state index is 13.4. The van der Waals surface area contributed by atoms with Gasteiger partial charge in [-0.25, -0.2) is 14.8 Å². The zero-order chi connectivity index (χ0) is 29.1. The molecule has 2 heterocycles. The molecule has 40 heavy (non-hydrogen) atoms. The second kappa shape index (κ2) is 14.9. The van der Waals surface area contributed by atoms with Gasteiger partial charge in [0.25, 0.3) is 5.91 Å². The van der Waals surface area contributed by atoms with Crippen LogP contribution >= 0.6 is 0 Å².